The Kier molecular flexibility index (Phi) is 3.25. The Bertz CT molecular complexity index is 462. The first-order valence-corrected chi connectivity index (χ1v) is 6.10. The summed E-state index contributed by atoms with van der Waals surface area (Å²) >= 11 is 0. The molecule has 0 radical (unpaired) electrons. The van der Waals surface area contributed by atoms with E-state index < -0.39 is 0 Å². The lowest BCUT2D eigenvalue weighted by atomic mass is 9.90. The van der Waals surface area contributed by atoms with Crippen LogP contribution in [0.5, 0.6) is 0 Å². The molecule has 0 unspecified atom stereocenters. The number of nitrogens with one attached hydrogen (secondary N) is 2. The average molecular weight is 253 g/mol. The molecule has 7 heteroatoms. The van der Waals surface area contributed by atoms with Gasteiger partial charge < -0.3 is 10.6 Å². The number of aromatic nitrogens is 2. The summed E-state index contributed by atoms with van der Waals surface area (Å²) in [6.45, 7) is 5.61. The predicted octanol–water partition coefficient (Wildman–Crippen LogP) is 1.19. The van der Waals surface area contributed by atoms with Gasteiger partial charge >= 0.3 is 5.69 Å². The van der Waals surface area contributed by atoms with Gasteiger partial charge in [0.15, 0.2) is 0 Å². The van der Waals surface area contributed by atoms with E-state index in [2.05, 4.69) is 22.7 Å². The fourth-order valence-electron chi connectivity index (χ4n) is 2.40. The summed E-state index contributed by atoms with van der Waals surface area (Å²) in [5.74, 6) is 0.502. The van der Waals surface area contributed by atoms with Gasteiger partial charge in [0.25, 0.3) is 0 Å². The second-order valence-electron chi connectivity index (χ2n) is 5.10. The highest BCUT2D eigenvalue weighted by Crippen LogP contribution is 2.32. The first kappa shape index (κ1) is 12.8. The van der Waals surface area contributed by atoms with Gasteiger partial charge in [-0.15, -0.1) is 0 Å². The van der Waals surface area contributed by atoms with Crippen LogP contribution >= 0.6 is 0 Å². The first-order valence-electron chi connectivity index (χ1n) is 6.10. The van der Waals surface area contributed by atoms with Crippen LogP contribution < -0.4 is 10.6 Å². The normalized spacial score (nSPS) is 18.6. The highest BCUT2D eigenvalue weighted by atomic mass is 16.6. The molecule has 2 N–H and O–H groups in total. The van der Waals surface area contributed by atoms with E-state index in [9.17, 15) is 10.1 Å². The molecule has 0 atom stereocenters. The quantitative estimate of drug-likeness (QED) is 0.624. The van der Waals surface area contributed by atoms with Gasteiger partial charge in [0.05, 0.1) is 4.92 Å². The Morgan fingerprint density at radius 1 is 1.50 bits per heavy atom. The first-order chi connectivity index (χ1) is 8.43. The number of hydrogen-bond donors (Lipinski definition) is 2. The molecule has 0 bridgehead atoms. The number of aryl methyl sites for hydroxylation is 2. The maximum absolute atomic E-state index is 11.1. The molecule has 0 saturated carbocycles. The summed E-state index contributed by atoms with van der Waals surface area (Å²) in [6.07, 6.45) is 1.88. The summed E-state index contributed by atoms with van der Waals surface area (Å²) in [6, 6.07) is 0. The summed E-state index contributed by atoms with van der Waals surface area (Å²) in [5, 5.41) is 21.8. The smallest absolute Gasteiger partial charge is 0.333 e. The third-order valence-corrected chi connectivity index (χ3v) is 3.50. The number of nitrogens with zero attached hydrogens (tertiary/aromatic N) is 3. The van der Waals surface area contributed by atoms with Gasteiger partial charge in [-0.2, -0.15) is 5.10 Å². The average Bonchev–Trinajstić information content (AvgIpc) is 2.54. The van der Waals surface area contributed by atoms with Gasteiger partial charge in [-0.25, -0.2) is 4.68 Å². The maximum Gasteiger partial charge on any atom is 0.333 e. The lowest BCUT2D eigenvalue weighted by molar-refractivity contribution is -0.384. The van der Waals surface area contributed by atoms with Crippen molar-refractivity contribution in [1.29, 1.82) is 0 Å². The molecular weight excluding hydrogens is 234 g/mol. The summed E-state index contributed by atoms with van der Waals surface area (Å²) in [7, 11) is 1.73. The highest BCUT2D eigenvalue weighted by molar-refractivity contribution is 5.60. The molecule has 100 valence electrons. The van der Waals surface area contributed by atoms with Crippen LogP contribution in [0.1, 0.15) is 25.5 Å². The molecule has 7 nitrogen and oxygen atoms in total. The molecular formula is C11H19N5O2. The van der Waals surface area contributed by atoms with Crippen LogP contribution in [0, 0.1) is 17.0 Å². The van der Waals surface area contributed by atoms with Crippen molar-refractivity contribution in [1.82, 2.24) is 15.1 Å². The van der Waals surface area contributed by atoms with Gasteiger partial charge in [-0.1, -0.05) is 0 Å². The molecule has 2 rings (SSSR count). The van der Waals surface area contributed by atoms with E-state index in [1.807, 2.05) is 0 Å². The Morgan fingerprint density at radius 2 is 2.11 bits per heavy atom. The Morgan fingerprint density at radius 3 is 2.67 bits per heavy atom. The second kappa shape index (κ2) is 4.56. The van der Waals surface area contributed by atoms with Crippen LogP contribution in [0.15, 0.2) is 0 Å². The number of rotatable bonds is 3. The zero-order valence-corrected chi connectivity index (χ0v) is 11.0. The zero-order chi connectivity index (χ0) is 13.3. The second-order valence-corrected chi connectivity index (χ2v) is 5.10. The minimum atomic E-state index is -0.366. The lowest BCUT2D eigenvalue weighted by Gasteiger charge is -2.35. The van der Waals surface area contributed by atoms with Crippen molar-refractivity contribution in [2.45, 2.75) is 32.2 Å². The third kappa shape index (κ3) is 2.31. The van der Waals surface area contributed by atoms with Gasteiger partial charge in [-0.3, -0.25) is 10.1 Å². The van der Waals surface area contributed by atoms with E-state index in [0.29, 0.717) is 11.5 Å². The zero-order valence-electron chi connectivity index (χ0n) is 11.0. The van der Waals surface area contributed by atoms with E-state index in [1.54, 1.807) is 18.7 Å². The van der Waals surface area contributed by atoms with E-state index in [4.69, 9.17) is 0 Å². The van der Waals surface area contributed by atoms with Crippen LogP contribution in [-0.2, 0) is 7.05 Å². The minimum Gasteiger partial charge on any atom is -0.359 e. The van der Waals surface area contributed by atoms with E-state index >= 15 is 0 Å². The SMILES string of the molecule is Cc1nn(C)c(NC2(C)CCNCC2)c1[N+](=O)[O-]. The molecule has 0 aromatic carbocycles. The van der Waals surface area contributed by atoms with E-state index in [1.165, 1.54) is 0 Å². The molecule has 1 aromatic rings. The summed E-state index contributed by atoms with van der Waals surface area (Å²) in [5.41, 5.74) is 0.413. The summed E-state index contributed by atoms with van der Waals surface area (Å²) in [4.78, 5) is 10.7. The topological polar surface area (TPSA) is 85.0 Å². The Hall–Kier alpha value is -1.63. The van der Waals surface area contributed by atoms with Gasteiger partial charge in [-0.05, 0) is 39.8 Å². The standard InChI is InChI=1S/C11H19N5O2/c1-8-9(16(17)18)10(15(3)14-8)13-11(2)4-6-12-7-5-11/h12-13H,4-7H2,1-3H3. The van der Waals surface area contributed by atoms with Crippen molar-refractivity contribution in [2.75, 3.05) is 18.4 Å². The van der Waals surface area contributed by atoms with Crippen LogP contribution in [0.25, 0.3) is 0 Å². The van der Waals surface area contributed by atoms with Crippen molar-refractivity contribution in [3.05, 3.63) is 15.8 Å². The molecule has 1 aliphatic rings. The molecule has 0 spiro atoms. The van der Waals surface area contributed by atoms with E-state index in [0.717, 1.165) is 25.9 Å². The highest BCUT2D eigenvalue weighted by Gasteiger charge is 2.32. The van der Waals surface area contributed by atoms with Crippen molar-refractivity contribution < 1.29 is 4.92 Å². The van der Waals surface area contributed by atoms with Crippen LogP contribution in [-0.4, -0.2) is 33.3 Å². The van der Waals surface area contributed by atoms with Crippen molar-refractivity contribution in [3.63, 3.8) is 0 Å². The van der Waals surface area contributed by atoms with Crippen LogP contribution in [0.2, 0.25) is 0 Å². The fraction of sp³-hybridized carbons (Fsp3) is 0.727. The molecule has 0 aliphatic carbocycles. The molecule has 1 aliphatic heterocycles. The van der Waals surface area contributed by atoms with Gasteiger partial charge in [0.1, 0.15) is 5.69 Å². The van der Waals surface area contributed by atoms with Gasteiger partial charge in [0, 0.05) is 12.6 Å². The van der Waals surface area contributed by atoms with Gasteiger partial charge in [0.2, 0.25) is 5.82 Å². The number of piperidine rings is 1. The number of anilines is 1. The monoisotopic (exact) mass is 253 g/mol. The molecule has 0 amide bonds. The third-order valence-electron chi connectivity index (χ3n) is 3.50. The number of hydrogen-bond acceptors (Lipinski definition) is 5. The van der Waals surface area contributed by atoms with Crippen LogP contribution in [0.3, 0.4) is 0 Å². The molecule has 2 heterocycles. The van der Waals surface area contributed by atoms with Crippen molar-refractivity contribution >= 4 is 11.5 Å². The molecule has 18 heavy (non-hydrogen) atoms. The van der Waals surface area contributed by atoms with E-state index in [-0.39, 0.29) is 16.1 Å². The molecule has 1 fully saturated rings. The van der Waals surface area contributed by atoms with Crippen molar-refractivity contribution in [3.8, 4) is 0 Å². The van der Waals surface area contributed by atoms with Crippen molar-refractivity contribution in [2.24, 2.45) is 7.05 Å². The summed E-state index contributed by atoms with van der Waals surface area (Å²) < 4.78 is 1.56. The Balaban J connectivity index is 2.30. The molecule has 1 aromatic heterocycles. The maximum atomic E-state index is 11.1. The van der Waals surface area contributed by atoms with Crippen LogP contribution in [0.4, 0.5) is 11.5 Å². The number of nitro groups is 1. The molecule has 1 saturated heterocycles. The lowest BCUT2D eigenvalue weighted by Crippen LogP contribution is -2.45. The Labute approximate surface area is 106 Å². The predicted molar refractivity (Wildman–Crippen MR) is 68.7 cm³/mol. The largest absolute Gasteiger partial charge is 0.359 e. The minimum absolute atomic E-state index is 0.0808. The fourth-order valence-corrected chi connectivity index (χ4v) is 2.40.